The van der Waals surface area contributed by atoms with Crippen molar-refractivity contribution in [3.05, 3.63) is 40.6 Å². The van der Waals surface area contributed by atoms with Crippen LogP contribution in [-0.4, -0.2) is 35.6 Å². The number of pyridine rings is 1. The Hall–Kier alpha value is -2.21. The summed E-state index contributed by atoms with van der Waals surface area (Å²) >= 11 is 0. The molecule has 0 amide bonds. The molecule has 104 valence electrons. The molecule has 0 unspecified atom stereocenters. The van der Waals surface area contributed by atoms with Crippen LogP contribution in [0.1, 0.15) is 6.92 Å². The number of piperazine rings is 1. The molecule has 1 aromatic heterocycles. The highest BCUT2D eigenvalue weighted by molar-refractivity contribution is 5.97. The Labute approximate surface area is 116 Å². The number of hydrogen-bond acceptors (Lipinski definition) is 5. The number of nitrogens with one attached hydrogen (secondary N) is 1. The number of benzene rings is 1. The van der Waals surface area contributed by atoms with E-state index in [2.05, 4.69) is 22.1 Å². The van der Waals surface area contributed by atoms with E-state index in [1.54, 1.807) is 12.3 Å². The lowest BCUT2D eigenvalue weighted by Crippen LogP contribution is -2.49. The minimum atomic E-state index is -0.375. The third kappa shape index (κ3) is 2.18. The number of hydrogen-bond donors (Lipinski definition) is 1. The van der Waals surface area contributed by atoms with Crippen LogP contribution >= 0.6 is 0 Å². The van der Waals surface area contributed by atoms with E-state index < -0.39 is 0 Å². The number of rotatable bonds is 2. The first-order valence-electron chi connectivity index (χ1n) is 6.67. The van der Waals surface area contributed by atoms with Crippen LogP contribution in [-0.2, 0) is 0 Å². The molecule has 1 aliphatic rings. The average Bonchev–Trinajstić information content (AvgIpc) is 2.46. The fraction of sp³-hybridized carbons (Fsp3) is 0.357. The summed E-state index contributed by atoms with van der Waals surface area (Å²) in [6.07, 6.45) is 1.60. The first-order chi connectivity index (χ1) is 9.66. The van der Waals surface area contributed by atoms with Gasteiger partial charge in [-0.25, -0.2) is 4.98 Å². The molecule has 2 aromatic rings. The van der Waals surface area contributed by atoms with Gasteiger partial charge in [-0.2, -0.15) is 0 Å². The van der Waals surface area contributed by atoms with E-state index in [9.17, 15) is 10.1 Å². The zero-order valence-electron chi connectivity index (χ0n) is 11.2. The summed E-state index contributed by atoms with van der Waals surface area (Å²) in [6.45, 7) is 4.84. The van der Waals surface area contributed by atoms with E-state index in [4.69, 9.17) is 0 Å². The molecule has 1 atom stereocenters. The van der Waals surface area contributed by atoms with Gasteiger partial charge in [0.25, 0.3) is 5.69 Å². The highest BCUT2D eigenvalue weighted by atomic mass is 16.6. The molecule has 0 spiro atoms. The smallest absolute Gasteiger partial charge is 0.295 e. The van der Waals surface area contributed by atoms with Gasteiger partial charge in [-0.15, -0.1) is 0 Å². The number of nitrogens with zero attached hydrogens (tertiary/aromatic N) is 3. The number of nitro groups is 1. The minimum Gasteiger partial charge on any atom is -0.368 e. The van der Waals surface area contributed by atoms with E-state index in [1.807, 2.05) is 18.2 Å². The molecule has 6 heteroatoms. The molecule has 0 radical (unpaired) electrons. The first-order valence-corrected chi connectivity index (χ1v) is 6.67. The zero-order valence-corrected chi connectivity index (χ0v) is 11.2. The molecule has 0 aliphatic carbocycles. The van der Waals surface area contributed by atoms with Crippen molar-refractivity contribution < 1.29 is 4.92 Å². The third-order valence-corrected chi connectivity index (χ3v) is 3.63. The van der Waals surface area contributed by atoms with Gasteiger partial charge in [0.1, 0.15) is 5.52 Å². The highest BCUT2D eigenvalue weighted by Gasteiger charge is 2.21. The van der Waals surface area contributed by atoms with Gasteiger partial charge in [0.15, 0.2) is 0 Å². The van der Waals surface area contributed by atoms with Crippen molar-refractivity contribution in [2.45, 2.75) is 13.0 Å². The lowest BCUT2D eigenvalue weighted by Gasteiger charge is -2.34. The summed E-state index contributed by atoms with van der Waals surface area (Å²) in [5.74, 6) is 0. The second-order valence-corrected chi connectivity index (χ2v) is 5.06. The SMILES string of the molecule is C[C@@H]1CN(c2ccc([N+](=O)[O-])c3ncccc23)CCN1. The molecule has 2 heterocycles. The van der Waals surface area contributed by atoms with Crippen molar-refractivity contribution >= 4 is 22.3 Å². The van der Waals surface area contributed by atoms with Gasteiger partial charge >= 0.3 is 0 Å². The number of aromatic nitrogens is 1. The maximum absolute atomic E-state index is 11.1. The van der Waals surface area contributed by atoms with Crippen molar-refractivity contribution in [2.75, 3.05) is 24.5 Å². The molecule has 1 fully saturated rings. The molecular formula is C14H16N4O2. The quantitative estimate of drug-likeness (QED) is 0.668. The van der Waals surface area contributed by atoms with Crippen molar-refractivity contribution in [3.63, 3.8) is 0 Å². The number of anilines is 1. The normalized spacial score (nSPS) is 19.2. The molecule has 20 heavy (non-hydrogen) atoms. The summed E-state index contributed by atoms with van der Waals surface area (Å²) < 4.78 is 0. The fourth-order valence-electron chi connectivity index (χ4n) is 2.72. The number of non-ortho nitro benzene ring substituents is 1. The van der Waals surface area contributed by atoms with Crippen LogP contribution in [0.5, 0.6) is 0 Å². The Morgan fingerprint density at radius 3 is 3.05 bits per heavy atom. The lowest BCUT2D eigenvalue weighted by atomic mass is 10.1. The summed E-state index contributed by atoms with van der Waals surface area (Å²) in [5, 5.41) is 15.3. The first kappa shape index (κ1) is 12.8. The molecule has 0 saturated carbocycles. The highest BCUT2D eigenvalue weighted by Crippen LogP contribution is 2.32. The second kappa shape index (κ2) is 5.05. The summed E-state index contributed by atoms with van der Waals surface area (Å²) in [6, 6.07) is 7.52. The van der Waals surface area contributed by atoms with E-state index in [0.29, 0.717) is 11.6 Å². The van der Waals surface area contributed by atoms with Crippen LogP contribution in [0.4, 0.5) is 11.4 Å². The van der Waals surface area contributed by atoms with E-state index in [-0.39, 0.29) is 10.6 Å². The molecule has 1 aliphatic heterocycles. The Morgan fingerprint density at radius 2 is 2.30 bits per heavy atom. The maximum atomic E-state index is 11.1. The van der Waals surface area contributed by atoms with Crippen LogP contribution in [0.25, 0.3) is 10.9 Å². The summed E-state index contributed by atoms with van der Waals surface area (Å²) in [4.78, 5) is 17.2. The largest absolute Gasteiger partial charge is 0.368 e. The zero-order chi connectivity index (χ0) is 14.1. The fourth-order valence-corrected chi connectivity index (χ4v) is 2.72. The van der Waals surface area contributed by atoms with Gasteiger partial charge in [0, 0.05) is 49.0 Å². The Morgan fingerprint density at radius 1 is 1.45 bits per heavy atom. The predicted molar refractivity (Wildman–Crippen MR) is 78.1 cm³/mol. The topological polar surface area (TPSA) is 71.3 Å². The van der Waals surface area contributed by atoms with Gasteiger partial charge in [-0.05, 0) is 25.1 Å². The van der Waals surface area contributed by atoms with Crippen molar-refractivity contribution in [2.24, 2.45) is 0 Å². The molecular weight excluding hydrogens is 256 g/mol. The Kier molecular flexibility index (Phi) is 3.23. The number of fused-ring (bicyclic) bond motifs is 1. The van der Waals surface area contributed by atoms with Crippen molar-refractivity contribution in [1.29, 1.82) is 0 Å². The Bertz CT molecular complexity index is 659. The minimum absolute atomic E-state index is 0.0625. The van der Waals surface area contributed by atoms with Crippen molar-refractivity contribution in [3.8, 4) is 0 Å². The standard InChI is InChI=1S/C14H16N4O2/c1-10-9-17(8-7-15-10)12-4-5-13(18(19)20)14-11(12)3-2-6-16-14/h2-6,10,15H,7-9H2,1H3/t10-/m1/s1. The van der Waals surface area contributed by atoms with Crippen LogP contribution in [0, 0.1) is 10.1 Å². The van der Waals surface area contributed by atoms with Gasteiger partial charge in [0.05, 0.1) is 4.92 Å². The second-order valence-electron chi connectivity index (χ2n) is 5.06. The number of nitro benzene ring substituents is 1. The van der Waals surface area contributed by atoms with Crippen LogP contribution < -0.4 is 10.2 Å². The Balaban J connectivity index is 2.12. The summed E-state index contributed by atoms with van der Waals surface area (Å²) in [7, 11) is 0. The molecule has 6 nitrogen and oxygen atoms in total. The van der Waals surface area contributed by atoms with E-state index in [1.165, 1.54) is 0 Å². The molecule has 1 N–H and O–H groups in total. The maximum Gasteiger partial charge on any atom is 0.295 e. The average molecular weight is 272 g/mol. The molecule has 3 rings (SSSR count). The molecule has 0 bridgehead atoms. The van der Waals surface area contributed by atoms with Crippen molar-refractivity contribution in [1.82, 2.24) is 10.3 Å². The van der Waals surface area contributed by atoms with Gasteiger partial charge in [-0.1, -0.05) is 0 Å². The monoisotopic (exact) mass is 272 g/mol. The molecule has 1 aromatic carbocycles. The van der Waals surface area contributed by atoms with Gasteiger partial charge in [-0.3, -0.25) is 10.1 Å². The van der Waals surface area contributed by atoms with Crippen LogP contribution in [0.3, 0.4) is 0 Å². The lowest BCUT2D eigenvalue weighted by molar-refractivity contribution is -0.383. The van der Waals surface area contributed by atoms with Crippen LogP contribution in [0.15, 0.2) is 30.5 Å². The predicted octanol–water partition coefficient (Wildman–Crippen LogP) is 1.94. The summed E-state index contributed by atoms with van der Waals surface area (Å²) in [5.41, 5.74) is 1.54. The van der Waals surface area contributed by atoms with E-state index >= 15 is 0 Å². The van der Waals surface area contributed by atoms with Gasteiger partial charge < -0.3 is 10.2 Å². The molecule has 1 saturated heterocycles. The van der Waals surface area contributed by atoms with Crippen LogP contribution in [0.2, 0.25) is 0 Å². The third-order valence-electron chi connectivity index (χ3n) is 3.63. The van der Waals surface area contributed by atoms with E-state index in [0.717, 1.165) is 30.7 Å². The van der Waals surface area contributed by atoms with Gasteiger partial charge in [0.2, 0.25) is 0 Å².